The van der Waals surface area contributed by atoms with Gasteiger partial charge in [0.1, 0.15) is 40.9 Å². The summed E-state index contributed by atoms with van der Waals surface area (Å²) < 4.78 is 87.4. The Labute approximate surface area is 347 Å². The molecule has 0 bridgehead atoms. The zero-order valence-corrected chi connectivity index (χ0v) is 31.5. The average Bonchev–Trinajstić information content (AvgIpc) is 3.25. The fraction of sp³-hybridized carbons (Fsp3) is 0.0488. The topological polar surface area (TPSA) is 211 Å². The number of nitrogen functional groups attached to an aromatic ring is 2. The summed E-state index contributed by atoms with van der Waals surface area (Å²) in [7, 11) is 0. The third kappa shape index (κ3) is 11.4. The first-order valence-electron chi connectivity index (χ1n) is 17.9. The number of anilines is 6. The minimum Gasteiger partial charge on any atom is -0.457 e. The number of hydrogen-bond donors (Lipinski definition) is 4. The number of pyridine rings is 1. The number of nitrogens with two attached hydrogens (primary N) is 2. The van der Waals surface area contributed by atoms with E-state index in [0.717, 1.165) is 24.0 Å². The summed E-state index contributed by atoms with van der Waals surface area (Å²) in [5.41, 5.74) is 14.7. The fourth-order valence-corrected chi connectivity index (χ4v) is 5.33. The average molecular weight is 850 g/mol. The summed E-state index contributed by atoms with van der Waals surface area (Å²) in [6, 6.07) is 29.5. The van der Waals surface area contributed by atoms with Crippen molar-refractivity contribution in [3.8, 4) is 45.6 Å². The Balaban J connectivity index is 0.000000186. The van der Waals surface area contributed by atoms with Crippen molar-refractivity contribution in [1.82, 2.24) is 44.9 Å². The van der Waals surface area contributed by atoms with Gasteiger partial charge in [0.25, 0.3) is 0 Å². The maximum atomic E-state index is 12.8. The van der Waals surface area contributed by atoms with Gasteiger partial charge in [-0.2, -0.15) is 41.3 Å². The summed E-state index contributed by atoms with van der Waals surface area (Å²) in [6.07, 6.45) is -2.54. The first-order valence-corrected chi connectivity index (χ1v) is 17.9. The van der Waals surface area contributed by atoms with Crippen molar-refractivity contribution < 1.29 is 35.8 Å². The molecule has 0 spiro atoms. The number of halogens is 6. The molecule has 21 heteroatoms. The van der Waals surface area contributed by atoms with Gasteiger partial charge >= 0.3 is 12.4 Å². The van der Waals surface area contributed by atoms with Gasteiger partial charge < -0.3 is 31.6 Å². The summed E-state index contributed by atoms with van der Waals surface area (Å²) in [5, 5.41) is 6.20. The number of alkyl halides is 6. The van der Waals surface area contributed by atoms with Crippen LogP contribution in [0.5, 0.6) is 23.1 Å². The molecule has 0 atom stereocenters. The fourth-order valence-electron chi connectivity index (χ4n) is 5.33. The van der Waals surface area contributed by atoms with E-state index in [1.165, 1.54) is 18.5 Å². The van der Waals surface area contributed by atoms with Crippen molar-refractivity contribution in [3.05, 3.63) is 152 Å². The Morgan fingerprint density at radius 3 is 1.61 bits per heavy atom. The number of rotatable bonds is 10. The van der Waals surface area contributed by atoms with Crippen LogP contribution < -0.4 is 31.6 Å². The molecule has 0 aliphatic heterocycles. The maximum absolute atomic E-state index is 12.8. The molecule has 5 aromatic heterocycles. The number of ether oxygens (including phenoxy) is 2. The molecular weight excluding hydrogens is 821 g/mol. The zero-order chi connectivity index (χ0) is 43.7. The Morgan fingerprint density at radius 1 is 0.500 bits per heavy atom. The molecule has 0 saturated heterocycles. The summed E-state index contributed by atoms with van der Waals surface area (Å²) in [6.45, 7) is 0. The second kappa shape index (κ2) is 18.2. The minimum absolute atomic E-state index is 0.0290. The molecule has 0 unspecified atom stereocenters. The van der Waals surface area contributed by atoms with Crippen molar-refractivity contribution in [1.29, 1.82) is 0 Å². The van der Waals surface area contributed by atoms with E-state index in [-0.39, 0.29) is 23.5 Å². The monoisotopic (exact) mass is 849 g/mol. The highest BCUT2D eigenvalue weighted by Gasteiger charge is 2.35. The summed E-state index contributed by atoms with van der Waals surface area (Å²) in [5.74, 6) is 0.350. The first-order chi connectivity index (χ1) is 29.7. The molecule has 8 rings (SSSR count). The molecule has 0 saturated carbocycles. The van der Waals surface area contributed by atoms with Crippen LogP contribution in [0.15, 0.2) is 140 Å². The number of benzene rings is 3. The molecule has 0 aliphatic carbocycles. The smallest absolute Gasteiger partial charge is 0.451 e. The van der Waals surface area contributed by atoms with Crippen LogP contribution in [0.4, 0.5) is 61.2 Å². The van der Waals surface area contributed by atoms with Gasteiger partial charge in [0.2, 0.25) is 23.6 Å². The van der Waals surface area contributed by atoms with Crippen LogP contribution in [0.3, 0.4) is 0 Å². The van der Waals surface area contributed by atoms with Crippen LogP contribution in [-0.2, 0) is 12.4 Å². The highest BCUT2D eigenvalue weighted by atomic mass is 19.4. The largest absolute Gasteiger partial charge is 0.457 e. The van der Waals surface area contributed by atoms with Crippen LogP contribution in [0.25, 0.3) is 22.5 Å². The Kier molecular flexibility index (Phi) is 12.2. The highest BCUT2D eigenvalue weighted by Crippen LogP contribution is 2.33. The Hall–Kier alpha value is -8.49. The van der Waals surface area contributed by atoms with Gasteiger partial charge in [0, 0.05) is 71.6 Å². The molecule has 15 nitrogen and oxygen atoms in total. The number of hydrogen-bond acceptors (Lipinski definition) is 15. The molecule has 6 N–H and O–H groups in total. The van der Waals surface area contributed by atoms with Gasteiger partial charge in [0.15, 0.2) is 0 Å². The molecule has 62 heavy (non-hydrogen) atoms. The van der Waals surface area contributed by atoms with E-state index in [1.807, 2.05) is 30.3 Å². The van der Waals surface area contributed by atoms with E-state index in [9.17, 15) is 26.3 Å². The quantitative estimate of drug-likeness (QED) is 0.0944. The van der Waals surface area contributed by atoms with Crippen LogP contribution in [0.1, 0.15) is 11.5 Å². The standard InChI is InChI=1S/C21H15F3N6O.C20H14F3N7O/c22-21(23,24)19-26-11-10-18(30-19)31-15-8-6-14(7-9-15)27-17-12-16(28-20(25)29-17)13-4-2-1-3-5-13;21-20(22,23)17-7-15(5-6-27-17)31-14-3-1-13(2-4-14)28-18-8-16(29-19(24)30-18)12-9-25-11-26-10-12/h1-12H,(H3,25,27,28,29);1-11H,(H3,24,28,29,30). The van der Waals surface area contributed by atoms with Gasteiger partial charge in [-0.15, -0.1) is 0 Å². The van der Waals surface area contributed by atoms with E-state index in [1.54, 1.807) is 73.1 Å². The lowest BCUT2D eigenvalue weighted by Crippen LogP contribution is -2.10. The number of nitrogens with zero attached hydrogens (tertiary/aromatic N) is 9. The predicted octanol–water partition coefficient (Wildman–Crippen LogP) is 9.54. The van der Waals surface area contributed by atoms with Crippen molar-refractivity contribution in [2.75, 3.05) is 22.1 Å². The highest BCUT2D eigenvalue weighted by molar-refractivity contribution is 5.68. The lowest BCUT2D eigenvalue weighted by Gasteiger charge is -2.11. The number of aromatic nitrogens is 9. The third-order valence-corrected chi connectivity index (χ3v) is 8.03. The van der Waals surface area contributed by atoms with E-state index < -0.39 is 23.9 Å². The lowest BCUT2D eigenvalue weighted by atomic mass is 10.1. The van der Waals surface area contributed by atoms with E-state index in [0.29, 0.717) is 51.5 Å². The third-order valence-electron chi connectivity index (χ3n) is 8.03. The lowest BCUT2D eigenvalue weighted by molar-refractivity contribution is -0.145. The van der Waals surface area contributed by atoms with Crippen molar-refractivity contribution >= 4 is 34.9 Å². The SMILES string of the molecule is Nc1nc(Nc2ccc(Oc3ccnc(C(F)(F)F)c3)cc2)cc(-c2cncnc2)n1.Nc1nc(Nc2ccc(Oc3ccnc(C(F)(F)F)n3)cc2)cc(-c2ccccc2)n1. The zero-order valence-electron chi connectivity index (χ0n) is 31.5. The molecular formula is C41H29F6N13O2. The van der Waals surface area contributed by atoms with Crippen molar-refractivity contribution in [3.63, 3.8) is 0 Å². The van der Waals surface area contributed by atoms with Gasteiger partial charge in [-0.05, 0) is 54.6 Å². The van der Waals surface area contributed by atoms with E-state index in [2.05, 4.69) is 55.5 Å². The Morgan fingerprint density at radius 2 is 1.05 bits per heavy atom. The van der Waals surface area contributed by atoms with E-state index >= 15 is 0 Å². The van der Waals surface area contributed by atoms with Gasteiger partial charge in [-0.1, -0.05) is 30.3 Å². The molecule has 0 fully saturated rings. The number of nitrogens with one attached hydrogen (secondary N) is 2. The molecule has 3 aromatic carbocycles. The van der Waals surface area contributed by atoms with Crippen LogP contribution >= 0.6 is 0 Å². The molecule has 312 valence electrons. The van der Waals surface area contributed by atoms with Gasteiger partial charge in [0.05, 0.1) is 11.4 Å². The molecule has 0 amide bonds. The van der Waals surface area contributed by atoms with Crippen LogP contribution in [0, 0.1) is 0 Å². The molecule has 5 heterocycles. The Bertz CT molecular complexity index is 2560. The molecule has 8 aromatic rings. The van der Waals surface area contributed by atoms with E-state index in [4.69, 9.17) is 20.9 Å². The predicted molar refractivity (Wildman–Crippen MR) is 215 cm³/mol. The second-order valence-electron chi connectivity index (χ2n) is 12.6. The second-order valence-corrected chi connectivity index (χ2v) is 12.6. The van der Waals surface area contributed by atoms with Crippen LogP contribution in [-0.4, -0.2) is 44.9 Å². The van der Waals surface area contributed by atoms with Crippen molar-refractivity contribution in [2.45, 2.75) is 12.4 Å². The minimum atomic E-state index is -4.65. The maximum Gasteiger partial charge on any atom is 0.451 e. The molecule has 0 radical (unpaired) electrons. The first kappa shape index (κ1) is 41.7. The van der Waals surface area contributed by atoms with Gasteiger partial charge in [-0.25, -0.2) is 24.9 Å². The summed E-state index contributed by atoms with van der Waals surface area (Å²) >= 11 is 0. The van der Waals surface area contributed by atoms with Crippen molar-refractivity contribution in [2.24, 2.45) is 0 Å². The molecule has 0 aliphatic rings. The van der Waals surface area contributed by atoms with Gasteiger partial charge in [-0.3, -0.25) is 4.98 Å². The van der Waals surface area contributed by atoms with Crippen LogP contribution in [0.2, 0.25) is 0 Å². The summed E-state index contributed by atoms with van der Waals surface area (Å²) in [4.78, 5) is 34.5. The normalized spacial score (nSPS) is 11.2.